The molecule has 0 aliphatic carbocycles. The smallest absolute Gasteiger partial charge is 0.228 e. The minimum atomic E-state index is -0.417. The molecule has 0 spiro atoms. The summed E-state index contributed by atoms with van der Waals surface area (Å²) in [5.74, 6) is -0.606. The van der Waals surface area contributed by atoms with Crippen molar-refractivity contribution >= 4 is 17.5 Å². The van der Waals surface area contributed by atoms with E-state index in [9.17, 15) is 9.59 Å². The molecule has 2 heterocycles. The maximum atomic E-state index is 12.7. The Hall–Kier alpha value is -1.92. The summed E-state index contributed by atoms with van der Waals surface area (Å²) >= 11 is 0. The SMILES string of the molecule is CC1CN(C(C)CNC(=O)C2CC(=O)Nc3ccccc32)CC(C)O1. The number of carbonyl (C=O) groups is 2. The second-order valence-electron chi connectivity index (χ2n) is 7.20. The van der Waals surface area contributed by atoms with Crippen molar-refractivity contribution in [2.75, 3.05) is 25.0 Å². The summed E-state index contributed by atoms with van der Waals surface area (Å²) in [5, 5.41) is 5.87. The van der Waals surface area contributed by atoms with Gasteiger partial charge in [-0.2, -0.15) is 0 Å². The zero-order chi connectivity index (χ0) is 18.0. The average Bonchev–Trinajstić information content (AvgIpc) is 2.57. The van der Waals surface area contributed by atoms with Gasteiger partial charge in [-0.05, 0) is 32.4 Å². The van der Waals surface area contributed by atoms with Crippen molar-refractivity contribution in [3.63, 3.8) is 0 Å². The van der Waals surface area contributed by atoms with Crippen molar-refractivity contribution < 1.29 is 14.3 Å². The first-order valence-corrected chi connectivity index (χ1v) is 9.00. The van der Waals surface area contributed by atoms with Gasteiger partial charge in [-0.15, -0.1) is 0 Å². The van der Waals surface area contributed by atoms with E-state index < -0.39 is 5.92 Å². The van der Waals surface area contributed by atoms with Gasteiger partial charge in [0.25, 0.3) is 0 Å². The Morgan fingerprint density at radius 1 is 1.32 bits per heavy atom. The lowest BCUT2D eigenvalue weighted by atomic mass is 9.90. The summed E-state index contributed by atoms with van der Waals surface area (Å²) in [5.41, 5.74) is 1.63. The summed E-state index contributed by atoms with van der Waals surface area (Å²) in [4.78, 5) is 26.9. The van der Waals surface area contributed by atoms with Crippen LogP contribution in [0.1, 0.15) is 38.7 Å². The summed E-state index contributed by atoms with van der Waals surface area (Å²) in [6.45, 7) is 8.58. The first kappa shape index (κ1) is 17.9. The van der Waals surface area contributed by atoms with Crippen LogP contribution in [0.2, 0.25) is 0 Å². The quantitative estimate of drug-likeness (QED) is 0.872. The van der Waals surface area contributed by atoms with Crippen LogP contribution in [0, 0.1) is 0 Å². The molecule has 2 amide bonds. The van der Waals surface area contributed by atoms with Gasteiger partial charge in [0, 0.05) is 37.8 Å². The Morgan fingerprint density at radius 2 is 2.00 bits per heavy atom. The predicted molar refractivity (Wildman–Crippen MR) is 96.5 cm³/mol. The Bertz CT molecular complexity index is 639. The Balaban J connectivity index is 1.60. The molecule has 2 N–H and O–H groups in total. The Morgan fingerprint density at radius 3 is 2.72 bits per heavy atom. The van der Waals surface area contributed by atoms with Gasteiger partial charge in [-0.1, -0.05) is 18.2 Å². The molecule has 1 aromatic carbocycles. The maximum Gasteiger partial charge on any atom is 0.228 e. The highest BCUT2D eigenvalue weighted by molar-refractivity contribution is 6.01. The Kier molecular flexibility index (Phi) is 5.39. The van der Waals surface area contributed by atoms with Crippen LogP contribution in [-0.2, 0) is 14.3 Å². The highest BCUT2D eigenvalue weighted by atomic mass is 16.5. The molecule has 0 bridgehead atoms. The van der Waals surface area contributed by atoms with E-state index >= 15 is 0 Å². The highest BCUT2D eigenvalue weighted by Crippen LogP contribution is 2.32. The van der Waals surface area contributed by atoms with Gasteiger partial charge in [0.2, 0.25) is 11.8 Å². The topological polar surface area (TPSA) is 70.7 Å². The van der Waals surface area contributed by atoms with Gasteiger partial charge in [-0.25, -0.2) is 0 Å². The molecule has 4 unspecified atom stereocenters. The normalized spacial score (nSPS) is 28.0. The van der Waals surface area contributed by atoms with E-state index in [1.165, 1.54) is 0 Å². The number of ether oxygens (including phenoxy) is 1. The first-order valence-electron chi connectivity index (χ1n) is 9.00. The van der Waals surface area contributed by atoms with Crippen LogP contribution in [0.25, 0.3) is 0 Å². The van der Waals surface area contributed by atoms with Crippen LogP contribution in [-0.4, -0.2) is 54.6 Å². The molecule has 0 aromatic heterocycles. The van der Waals surface area contributed by atoms with Gasteiger partial charge in [0.05, 0.1) is 18.1 Å². The zero-order valence-corrected chi connectivity index (χ0v) is 15.1. The standard InChI is InChI=1S/C19H27N3O3/c1-12(22-10-13(2)25-14(3)11-22)9-20-19(24)16-8-18(23)21-17-7-5-4-6-15(16)17/h4-7,12-14,16H,8-11H2,1-3H3,(H,20,24)(H,21,23). The number of nitrogens with one attached hydrogen (secondary N) is 2. The van der Waals surface area contributed by atoms with E-state index in [-0.39, 0.29) is 36.5 Å². The fourth-order valence-corrected chi connectivity index (χ4v) is 3.72. The number of rotatable bonds is 4. The lowest BCUT2D eigenvalue weighted by Crippen LogP contribution is -2.52. The number of amides is 2. The average molecular weight is 345 g/mol. The van der Waals surface area contributed by atoms with Crippen molar-refractivity contribution in [1.82, 2.24) is 10.2 Å². The summed E-state index contributed by atoms with van der Waals surface area (Å²) in [6.07, 6.45) is 0.606. The minimum absolute atomic E-state index is 0.0801. The number of hydrogen-bond acceptors (Lipinski definition) is 4. The third kappa shape index (κ3) is 4.19. The predicted octanol–water partition coefficient (Wildman–Crippen LogP) is 1.73. The van der Waals surface area contributed by atoms with Crippen molar-refractivity contribution in [1.29, 1.82) is 0 Å². The number of benzene rings is 1. The zero-order valence-electron chi connectivity index (χ0n) is 15.1. The third-order valence-corrected chi connectivity index (χ3v) is 4.96. The molecule has 4 atom stereocenters. The van der Waals surface area contributed by atoms with Gasteiger partial charge in [0.1, 0.15) is 0 Å². The number of hydrogen-bond donors (Lipinski definition) is 2. The van der Waals surface area contributed by atoms with E-state index in [0.29, 0.717) is 6.54 Å². The third-order valence-electron chi connectivity index (χ3n) is 4.96. The fourth-order valence-electron chi connectivity index (χ4n) is 3.72. The molecule has 0 saturated carbocycles. The minimum Gasteiger partial charge on any atom is -0.373 e. The van der Waals surface area contributed by atoms with Crippen molar-refractivity contribution in [2.45, 2.75) is 51.4 Å². The lowest BCUT2D eigenvalue weighted by molar-refractivity contribution is -0.126. The van der Waals surface area contributed by atoms with Crippen molar-refractivity contribution in [3.8, 4) is 0 Å². The van der Waals surface area contributed by atoms with E-state index in [2.05, 4.69) is 36.3 Å². The Labute approximate surface area is 148 Å². The molecule has 6 nitrogen and oxygen atoms in total. The molecule has 2 aliphatic rings. The lowest BCUT2D eigenvalue weighted by Gasteiger charge is -2.39. The van der Waals surface area contributed by atoms with Crippen LogP contribution in [0.5, 0.6) is 0 Å². The first-order chi connectivity index (χ1) is 11.9. The monoisotopic (exact) mass is 345 g/mol. The molecule has 6 heteroatoms. The second-order valence-corrected chi connectivity index (χ2v) is 7.20. The molecule has 0 radical (unpaired) electrons. The number of fused-ring (bicyclic) bond motifs is 1. The number of para-hydroxylation sites is 1. The maximum absolute atomic E-state index is 12.7. The fraction of sp³-hybridized carbons (Fsp3) is 0.579. The second kappa shape index (κ2) is 7.54. The van der Waals surface area contributed by atoms with Crippen LogP contribution in [0.15, 0.2) is 24.3 Å². The van der Waals surface area contributed by atoms with Gasteiger partial charge in [0.15, 0.2) is 0 Å². The molecule has 1 fully saturated rings. The van der Waals surface area contributed by atoms with Crippen LogP contribution in [0.4, 0.5) is 5.69 Å². The van der Waals surface area contributed by atoms with Gasteiger partial charge in [-0.3, -0.25) is 14.5 Å². The number of nitrogens with zero attached hydrogens (tertiary/aromatic N) is 1. The number of morpholine rings is 1. The van der Waals surface area contributed by atoms with E-state index in [4.69, 9.17) is 4.74 Å². The summed E-state index contributed by atoms with van der Waals surface area (Å²) < 4.78 is 5.76. The number of anilines is 1. The molecule has 1 aromatic rings. The summed E-state index contributed by atoms with van der Waals surface area (Å²) in [6, 6.07) is 7.74. The van der Waals surface area contributed by atoms with Crippen molar-refractivity contribution in [3.05, 3.63) is 29.8 Å². The summed E-state index contributed by atoms with van der Waals surface area (Å²) in [7, 11) is 0. The van der Waals surface area contributed by atoms with E-state index in [0.717, 1.165) is 24.3 Å². The molecular weight excluding hydrogens is 318 g/mol. The van der Waals surface area contributed by atoms with Crippen molar-refractivity contribution in [2.24, 2.45) is 0 Å². The number of carbonyl (C=O) groups excluding carboxylic acids is 2. The molecule has 2 aliphatic heterocycles. The van der Waals surface area contributed by atoms with Gasteiger partial charge < -0.3 is 15.4 Å². The van der Waals surface area contributed by atoms with Crippen LogP contribution < -0.4 is 10.6 Å². The molecule has 136 valence electrons. The molecular formula is C19H27N3O3. The van der Waals surface area contributed by atoms with Crippen LogP contribution >= 0.6 is 0 Å². The van der Waals surface area contributed by atoms with E-state index in [1.54, 1.807) is 0 Å². The highest BCUT2D eigenvalue weighted by Gasteiger charge is 2.31. The molecule has 3 rings (SSSR count). The van der Waals surface area contributed by atoms with Gasteiger partial charge >= 0.3 is 0 Å². The molecule has 25 heavy (non-hydrogen) atoms. The molecule has 1 saturated heterocycles. The van der Waals surface area contributed by atoms with E-state index in [1.807, 2.05) is 24.3 Å². The largest absolute Gasteiger partial charge is 0.373 e. The van der Waals surface area contributed by atoms with Crippen LogP contribution in [0.3, 0.4) is 0 Å².